The van der Waals surface area contributed by atoms with Gasteiger partial charge in [0.05, 0.1) is 12.0 Å². The van der Waals surface area contributed by atoms with Crippen LogP contribution in [0.25, 0.3) is 0 Å². The van der Waals surface area contributed by atoms with Crippen molar-refractivity contribution < 1.29 is 9.66 Å². The highest BCUT2D eigenvalue weighted by molar-refractivity contribution is 5.65. The van der Waals surface area contributed by atoms with Crippen molar-refractivity contribution in [2.24, 2.45) is 0 Å². The zero-order chi connectivity index (χ0) is 10.0. The van der Waals surface area contributed by atoms with Gasteiger partial charge in [0.2, 0.25) is 0 Å². The molecule has 0 fully saturated rings. The Balaban J connectivity index is 3.38. The van der Waals surface area contributed by atoms with E-state index in [-0.39, 0.29) is 22.9 Å². The summed E-state index contributed by atoms with van der Waals surface area (Å²) in [5.74, 6) is -0.0303. The van der Waals surface area contributed by atoms with Gasteiger partial charge < -0.3 is 10.5 Å². The normalized spacial score (nSPS) is 9.69. The second kappa shape index (κ2) is 3.21. The number of hydrogen-bond donors (Lipinski definition) is 1. The van der Waals surface area contributed by atoms with E-state index in [0.29, 0.717) is 0 Å². The minimum absolute atomic E-state index is 0.0303. The van der Waals surface area contributed by atoms with Crippen LogP contribution in [0.2, 0.25) is 0 Å². The molecule has 0 aliphatic heterocycles. The van der Waals surface area contributed by atoms with Crippen LogP contribution in [0.5, 0.6) is 5.88 Å². The Hall–Kier alpha value is -1.92. The predicted molar refractivity (Wildman–Crippen MR) is 44.4 cm³/mol. The molecule has 7 nitrogen and oxygen atoms in total. The van der Waals surface area contributed by atoms with Crippen LogP contribution in [0.15, 0.2) is 0 Å². The Morgan fingerprint density at radius 2 is 2.15 bits per heavy atom. The number of nitrogen functional groups attached to an aromatic ring is 1. The minimum Gasteiger partial charge on any atom is -0.478 e. The van der Waals surface area contributed by atoms with E-state index in [1.165, 1.54) is 14.0 Å². The quantitative estimate of drug-likeness (QED) is 0.523. The molecule has 0 amide bonds. The molecule has 2 N–H and O–H groups in total. The van der Waals surface area contributed by atoms with Crippen LogP contribution < -0.4 is 10.5 Å². The summed E-state index contributed by atoms with van der Waals surface area (Å²) < 4.78 is 4.69. The lowest BCUT2D eigenvalue weighted by Crippen LogP contribution is -2.05. The molecule has 0 aromatic carbocycles. The van der Waals surface area contributed by atoms with Crippen molar-refractivity contribution in [3.63, 3.8) is 0 Å². The van der Waals surface area contributed by atoms with E-state index < -0.39 is 4.92 Å². The number of aromatic nitrogens is 2. The van der Waals surface area contributed by atoms with Gasteiger partial charge in [0.15, 0.2) is 5.69 Å². The van der Waals surface area contributed by atoms with E-state index in [9.17, 15) is 10.1 Å². The van der Waals surface area contributed by atoms with Crippen molar-refractivity contribution in [1.29, 1.82) is 0 Å². The van der Waals surface area contributed by atoms with Gasteiger partial charge in [0, 0.05) is 0 Å². The molecule has 0 radical (unpaired) electrons. The van der Waals surface area contributed by atoms with Gasteiger partial charge in [0.25, 0.3) is 5.88 Å². The molecule has 0 atom stereocenters. The fourth-order valence-electron chi connectivity index (χ4n) is 0.899. The Labute approximate surface area is 73.7 Å². The average Bonchev–Trinajstić information content (AvgIpc) is 2.04. The highest BCUT2D eigenvalue weighted by Gasteiger charge is 2.21. The van der Waals surface area contributed by atoms with Crippen molar-refractivity contribution in [2.45, 2.75) is 6.92 Å². The van der Waals surface area contributed by atoms with Crippen molar-refractivity contribution in [2.75, 3.05) is 12.8 Å². The van der Waals surface area contributed by atoms with Gasteiger partial charge in [-0.2, -0.15) is 0 Å². The number of nitrogens with two attached hydrogens (primary N) is 1. The molecule has 7 heteroatoms. The molecule has 1 aromatic rings. The van der Waals surface area contributed by atoms with Crippen LogP contribution in [0.1, 0.15) is 5.69 Å². The number of ether oxygens (including phenoxy) is 1. The highest BCUT2D eigenvalue weighted by atomic mass is 16.6. The summed E-state index contributed by atoms with van der Waals surface area (Å²) >= 11 is 0. The van der Waals surface area contributed by atoms with E-state index in [4.69, 9.17) is 5.73 Å². The van der Waals surface area contributed by atoms with E-state index in [2.05, 4.69) is 14.9 Å². The molecule has 0 spiro atoms. The standard InChI is InChI=1S/C6H8N4O3/c1-3-5(10(11)12)4(7)6(13-2)9-8-3/h1-2H3,(H2,7,8). The monoisotopic (exact) mass is 184 g/mol. The van der Waals surface area contributed by atoms with Gasteiger partial charge in [-0.05, 0) is 6.92 Å². The van der Waals surface area contributed by atoms with Crippen molar-refractivity contribution >= 4 is 11.4 Å². The van der Waals surface area contributed by atoms with Gasteiger partial charge in [-0.25, -0.2) is 0 Å². The van der Waals surface area contributed by atoms with Crippen molar-refractivity contribution in [3.8, 4) is 5.88 Å². The third-order valence-electron chi connectivity index (χ3n) is 1.49. The van der Waals surface area contributed by atoms with Crippen LogP contribution in [0, 0.1) is 17.0 Å². The first-order chi connectivity index (χ1) is 6.07. The molecule has 70 valence electrons. The van der Waals surface area contributed by atoms with Crippen molar-refractivity contribution in [3.05, 3.63) is 15.8 Å². The molecular formula is C6H8N4O3. The summed E-state index contributed by atoms with van der Waals surface area (Å²) in [5.41, 5.74) is 5.24. The van der Waals surface area contributed by atoms with Crippen LogP contribution in [-0.4, -0.2) is 22.2 Å². The maximum Gasteiger partial charge on any atom is 0.320 e. The summed E-state index contributed by atoms with van der Waals surface area (Å²) in [5, 5.41) is 17.6. The summed E-state index contributed by atoms with van der Waals surface area (Å²) in [4.78, 5) is 9.90. The fraction of sp³-hybridized carbons (Fsp3) is 0.333. The zero-order valence-corrected chi connectivity index (χ0v) is 7.14. The third-order valence-corrected chi connectivity index (χ3v) is 1.49. The van der Waals surface area contributed by atoms with Crippen molar-refractivity contribution in [1.82, 2.24) is 10.2 Å². The van der Waals surface area contributed by atoms with E-state index in [0.717, 1.165) is 0 Å². The summed E-state index contributed by atoms with van der Waals surface area (Å²) in [6.45, 7) is 1.46. The second-order valence-corrected chi connectivity index (χ2v) is 2.31. The zero-order valence-electron chi connectivity index (χ0n) is 7.14. The number of nitro groups is 1. The number of hydrogen-bond acceptors (Lipinski definition) is 6. The van der Waals surface area contributed by atoms with E-state index in [1.807, 2.05) is 0 Å². The van der Waals surface area contributed by atoms with Crippen LogP contribution in [0.3, 0.4) is 0 Å². The molecule has 1 aromatic heterocycles. The Kier molecular flexibility index (Phi) is 2.27. The third kappa shape index (κ3) is 1.48. The summed E-state index contributed by atoms with van der Waals surface area (Å²) in [7, 11) is 1.32. The molecule has 0 saturated carbocycles. The Bertz CT molecular complexity index is 352. The predicted octanol–water partition coefficient (Wildman–Crippen LogP) is 0.284. The van der Waals surface area contributed by atoms with Gasteiger partial charge in [-0.15, -0.1) is 10.2 Å². The van der Waals surface area contributed by atoms with E-state index >= 15 is 0 Å². The van der Waals surface area contributed by atoms with Gasteiger partial charge in [-0.3, -0.25) is 10.1 Å². The smallest absolute Gasteiger partial charge is 0.320 e. The maximum absolute atomic E-state index is 10.5. The Morgan fingerprint density at radius 3 is 2.62 bits per heavy atom. The first-order valence-electron chi connectivity index (χ1n) is 3.39. The molecule has 13 heavy (non-hydrogen) atoms. The molecule has 0 saturated heterocycles. The summed E-state index contributed by atoms with van der Waals surface area (Å²) in [6, 6.07) is 0. The molecular weight excluding hydrogens is 176 g/mol. The lowest BCUT2D eigenvalue weighted by molar-refractivity contribution is -0.384. The first-order valence-corrected chi connectivity index (χ1v) is 3.39. The van der Waals surface area contributed by atoms with Crippen LogP contribution in [-0.2, 0) is 0 Å². The minimum atomic E-state index is -0.609. The number of aryl methyl sites for hydroxylation is 1. The van der Waals surface area contributed by atoms with Crippen LogP contribution >= 0.6 is 0 Å². The van der Waals surface area contributed by atoms with Gasteiger partial charge >= 0.3 is 5.69 Å². The molecule has 1 rings (SSSR count). The van der Waals surface area contributed by atoms with Crippen LogP contribution in [0.4, 0.5) is 11.4 Å². The van der Waals surface area contributed by atoms with Gasteiger partial charge in [-0.1, -0.05) is 0 Å². The molecule has 0 unspecified atom stereocenters. The molecule has 0 aliphatic carbocycles. The Morgan fingerprint density at radius 1 is 1.54 bits per heavy atom. The topological polar surface area (TPSA) is 104 Å². The molecule has 0 bridgehead atoms. The van der Waals surface area contributed by atoms with E-state index in [1.54, 1.807) is 0 Å². The lowest BCUT2D eigenvalue weighted by atomic mass is 10.3. The number of anilines is 1. The first kappa shape index (κ1) is 9.17. The SMILES string of the molecule is COc1nnc(C)c([N+](=O)[O-])c1N. The average molecular weight is 184 g/mol. The number of rotatable bonds is 2. The fourth-order valence-corrected chi connectivity index (χ4v) is 0.899. The van der Waals surface area contributed by atoms with Gasteiger partial charge in [0.1, 0.15) is 5.69 Å². The largest absolute Gasteiger partial charge is 0.478 e. The maximum atomic E-state index is 10.5. The summed E-state index contributed by atoms with van der Waals surface area (Å²) in [6.07, 6.45) is 0. The highest BCUT2D eigenvalue weighted by Crippen LogP contribution is 2.29. The molecule has 0 aliphatic rings. The number of methoxy groups -OCH3 is 1. The number of nitrogens with zero attached hydrogens (tertiary/aromatic N) is 3. The lowest BCUT2D eigenvalue weighted by Gasteiger charge is -2.03. The second-order valence-electron chi connectivity index (χ2n) is 2.31. The molecule has 1 heterocycles.